The maximum atomic E-state index is 13.1. The number of pyridine rings is 1. The number of hydrogen-bond acceptors (Lipinski definition) is 6. The summed E-state index contributed by atoms with van der Waals surface area (Å²) in [5.41, 5.74) is 1.65. The Hall–Kier alpha value is -3.23. The molecule has 1 fully saturated rings. The molecule has 8 heteroatoms. The standard InChI is InChI=1S/C25H29N5O3/c1-32-21-6-2-4-19(14-21)16-28-23(31)22-18-30-13-10-27-24(30)25(33-22)7-11-29(12-8-25)17-20-5-3-9-26-15-20/h2-6,9-10,13-15,22H,7-8,11-12,16-18H2,1H3,(H,28,31)/t22-/m0/s1. The Labute approximate surface area is 193 Å². The molecule has 1 spiro atoms. The first-order chi connectivity index (χ1) is 16.1. The van der Waals surface area contributed by atoms with Crippen molar-refractivity contribution in [2.24, 2.45) is 0 Å². The average Bonchev–Trinajstić information content (AvgIpc) is 3.35. The molecule has 2 aromatic heterocycles. The quantitative estimate of drug-likeness (QED) is 0.625. The van der Waals surface area contributed by atoms with Gasteiger partial charge in [-0.15, -0.1) is 0 Å². The number of ether oxygens (including phenoxy) is 2. The van der Waals surface area contributed by atoms with Crippen LogP contribution in [0.3, 0.4) is 0 Å². The van der Waals surface area contributed by atoms with Crippen molar-refractivity contribution in [3.63, 3.8) is 0 Å². The molecular weight excluding hydrogens is 418 g/mol. The Balaban J connectivity index is 1.25. The highest BCUT2D eigenvalue weighted by atomic mass is 16.5. The minimum atomic E-state index is -0.554. The summed E-state index contributed by atoms with van der Waals surface area (Å²) >= 11 is 0. The Morgan fingerprint density at radius 3 is 2.85 bits per heavy atom. The van der Waals surface area contributed by atoms with Crippen LogP contribution < -0.4 is 10.1 Å². The van der Waals surface area contributed by atoms with Gasteiger partial charge < -0.3 is 19.4 Å². The van der Waals surface area contributed by atoms with Crippen LogP contribution in [-0.2, 0) is 34.8 Å². The topological polar surface area (TPSA) is 81.5 Å². The van der Waals surface area contributed by atoms with E-state index >= 15 is 0 Å². The average molecular weight is 448 g/mol. The molecule has 3 aromatic rings. The van der Waals surface area contributed by atoms with E-state index in [1.807, 2.05) is 42.7 Å². The van der Waals surface area contributed by atoms with Crippen molar-refractivity contribution in [2.45, 2.75) is 44.2 Å². The largest absolute Gasteiger partial charge is 0.497 e. The summed E-state index contributed by atoms with van der Waals surface area (Å²) in [5.74, 6) is 1.60. The zero-order chi connectivity index (χ0) is 22.7. The van der Waals surface area contributed by atoms with E-state index < -0.39 is 11.7 Å². The summed E-state index contributed by atoms with van der Waals surface area (Å²) in [6.07, 6.45) is 8.50. The normalized spacial score (nSPS) is 19.7. The predicted molar refractivity (Wildman–Crippen MR) is 122 cm³/mol. The van der Waals surface area contributed by atoms with Crippen LogP contribution in [0, 0.1) is 0 Å². The van der Waals surface area contributed by atoms with E-state index in [1.165, 1.54) is 5.56 Å². The number of carbonyl (C=O) groups excluding carboxylic acids is 1. The smallest absolute Gasteiger partial charge is 0.251 e. The molecular formula is C25H29N5O3. The van der Waals surface area contributed by atoms with E-state index in [4.69, 9.17) is 9.47 Å². The van der Waals surface area contributed by atoms with E-state index in [-0.39, 0.29) is 5.91 Å². The number of carbonyl (C=O) groups is 1. The molecule has 1 N–H and O–H groups in total. The molecule has 1 aromatic carbocycles. The van der Waals surface area contributed by atoms with Gasteiger partial charge in [0.15, 0.2) is 6.10 Å². The third-order valence-corrected chi connectivity index (χ3v) is 6.54. The number of amides is 1. The van der Waals surface area contributed by atoms with Gasteiger partial charge in [0.2, 0.25) is 0 Å². The van der Waals surface area contributed by atoms with E-state index in [9.17, 15) is 4.79 Å². The Bertz CT molecular complexity index is 1090. The third kappa shape index (κ3) is 4.62. The molecule has 1 saturated heterocycles. The van der Waals surface area contributed by atoms with Crippen LogP contribution in [0.1, 0.15) is 29.8 Å². The molecule has 1 amide bonds. The van der Waals surface area contributed by atoms with Gasteiger partial charge in [-0.1, -0.05) is 18.2 Å². The maximum absolute atomic E-state index is 13.1. The van der Waals surface area contributed by atoms with Crippen LogP contribution in [0.5, 0.6) is 5.75 Å². The number of piperidine rings is 1. The summed E-state index contributed by atoms with van der Waals surface area (Å²) in [6.45, 7) is 3.52. The lowest BCUT2D eigenvalue weighted by Gasteiger charge is -2.45. The third-order valence-electron chi connectivity index (χ3n) is 6.54. The molecule has 0 unspecified atom stereocenters. The van der Waals surface area contributed by atoms with Gasteiger partial charge in [-0.3, -0.25) is 14.7 Å². The van der Waals surface area contributed by atoms with Crippen molar-refractivity contribution in [3.8, 4) is 5.75 Å². The Morgan fingerprint density at radius 1 is 1.21 bits per heavy atom. The van der Waals surface area contributed by atoms with Crippen molar-refractivity contribution < 1.29 is 14.3 Å². The van der Waals surface area contributed by atoms with E-state index in [0.717, 1.165) is 49.6 Å². The van der Waals surface area contributed by atoms with Gasteiger partial charge in [-0.05, 0) is 42.2 Å². The molecule has 2 aliphatic rings. The number of nitrogens with zero attached hydrogens (tertiary/aromatic N) is 4. The number of hydrogen-bond donors (Lipinski definition) is 1. The number of imidazole rings is 1. The lowest BCUT2D eigenvalue weighted by molar-refractivity contribution is -0.174. The molecule has 0 saturated carbocycles. The molecule has 5 rings (SSSR count). The summed E-state index contributed by atoms with van der Waals surface area (Å²) < 4.78 is 13.9. The van der Waals surface area contributed by atoms with Crippen LogP contribution >= 0.6 is 0 Å². The number of fused-ring (bicyclic) bond motifs is 2. The van der Waals surface area contributed by atoms with Gasteiger partial charge in [0, 0.05) is 51.0 Å². The molecule has 0 bridgehead atoms. The van der Waals surface area contributed by atoms with Gasteiger partial charge in [0.05, 0.1) is 13.7 Å². The molecule has 1 atom stereocenters. The minimum absolute atomic E-state index is 0.102. The lowest BCUT2D eigenvalue weighted by atomic mass is 9.88. The Kier molecular flexibility index (Phi) is 6.11. The molecule has 172 valence electrons. The fraction of sp³-hybridized carbons (Fsp3) is 0.400. The van der Waals surface area contributed by atoms with E-state index in [1.54, 1.807) is 19.5 Å². The van der Waals surface area contributed by atoms with Crippen LogP contribution in [0.15, 0.2) is 61.2 Å². The van der Waals surface area contributed by atoms with Gasteiger partial charge in [-0.2, -0.15) is 0 Å². The number of nitrogens with one attached hydrogen (secondary N) is 1. The second kappa shape index (κ2) is 9.33. The van der Waals surface area contributed by atoms with E-state index in [0.29, 0.717) is 13.1 Å². The molecule has 8 nitrogen and oxygen atoms in total. The highest BCUT2D eigenvalue weighted by Gasteiger charge is 2.47. The predicted octanol–water partition coefficient (Wildman–Crippen LogP) is 2.49. The maximum Gasteiger partial charge on any atom is 0.251 e. The van der Waals surface area contributed by atoms with Crippen LogP contribution in [0.25, 0.3) is 0 Å². The van der Waals surface area contributed by atoms with Crippen LogP contribution in [0.2, 0.25) is 0 Å². The first-order valence-electron chi connectivity index (χ1n) is 11.4. The summed E-state index contributed by atoms with van der Waals surface area (Å²) in [7, 11) is 1.64. The number of methoxy groups -OCH3 is 1. The Morgan fingerprint density at radius 2 is 2.06 bits per heavy atom. The SMILES string of the molecule is COc1cccc(CNC(=O)[C@@H]2Cn3ccnc3C3(CCN(Cc4cccnc4)CC3)O2)c1. The van der Waals surface area contributed by atoms with E-state index in [2.05, 4.69) is 30.8 Å². The monoisotopic (exact) mass is 447 g/mol. The number of aromatic nitrogens is 3. The fourth-order valence-electron chi connectivity index (χ4n) is 4.78. The van der Waals surface area contributed by atoms with Crippen molar-refractivity contribution in [3.05, 3.63) is 78.1 Å². The van der Waals surface area contributed by atoms with Gasteiger partial charge in [0.1, 0.15) is 17.2 Å². The van der Waals surface area contributed by atoms with Crippen molar-refractivity contribution in [2.75, 3.05) is 20.2 Å². The van der Waals surface area contributed by atoms with Gasteiger partial charge >= 0.3 is 0 Å². The number of benzene rings is 1. The number of rotatable bonds is 6. The molecule has 0 aliphatic carbocycles. The second-order valence-electron chi connectivity index (χ2n) is 8.71. The summed E-state index contributed by atoms with van der Waals surface area (Å²) in [6, 6.07) is 11.8. The summed E-state index contributed by atoms with van der Waals surface area (Å²) in [4.78, 5) is 24.3. The van der Waals surface area contributed by atoms with Gasteiger partial charge in [0.25, 0.3) is 5.91 Å². The first kappa shape index (κ1) is 21.6. The molecule has 2 aliphatic heterocycles. The van der Waals surface area contributed by atoms with Crippen molar-refractivity contribution in [1.82, 2.24) is 24.8 Å². The minimum Gasteiger partial charge on any atom is -0.497 e. The first-order valence-corrected chi connectivity index (χ1v) is 11.4. The van der Waals surface area contributed by atoms with Crippen molar-refractivity contribution >= 4 is 5.91 Å². The zero-order valence-electron chi connectivity index (χ0n) is 18.8. The van der Waals surface area contributed by atoms with Gasteiger partial charge in [-0.25, -0.2) is 4.98 Å². The van der Waals surface area contributed by atoms with Crippen LogP contribution in [-0.4, -0.2) is 51.6 Å². The molecule has 0 radical (unpaired) electrons. The highest BCUT2D eigenvalue weighted by molar-refractivity contribution is 5.81. The van der Waals surface area contributed by atoms with Crippen LogP contribution in [0.4, 0.5) is 0 Å². The lowest BCUT2D eigenvalue weighted by Crippen LogP contribution is -2.53. The molecule has 4 heterocycles. The second-order valence-corrected chi connectivity index (χ2v) is 8.71. The number of likely N-dealkylation sites (tertiary alicyclic amines) is 1. The fourth-order valence-corrected chi connectivity index (χ4v) is 4.78. The molecule has 33 heavy (non-hydrogen) atoms. The zero-order valence-corrected chi connectivity index (χ0v) is 18.8. The summed E-state index contributed by atoms with van der Waals surface area (Å²) in [5, 5.41) is 3.04. The van der Waals surface area contributed by atoms with Crippen molar-refractivity contribution in [1.29, 1.82) is 0 Å². The highest BCUT2D eigenvalue weighted by Crippen LogP contribution is 2.40.